The van der Waals surface area contributed by atoms with Gasteiger partial charge in [0.15, 0.2) is 0 Å². The van der Waals surface area contributed by atoms with Crippen molar-refractivity contribution in [2.75, 3.05) is 7.05 Å². The Labute approximate surface area is 149 Å². The molecule has 4 heteroatoms. The molecule has 2 amide bonds. The van der Waals surface area contributed by atoms with E-state index in [9.17, 15) is 9.59 Å². The Morgan fingerprint density at radius 3 is 2.20 bits per heavy atom. The van der Waals surface area contributed by atoms with Gasteiger partial charge in [-0.2, -0.15) is 0 Å². The molecular formula is C21H24N2O2. The topological polar surface area (TPSA) is 40.6 Å². The summed E-state index contributed by atoms with van der Waals surface area (Å²) in [5.74, 6) is 0.0390. The number of carbonyl (C=O) groups is 2. The molecule has 4 nitrogen and oxygen atoms in total. The van der Waals surface area contributed by atoms with E-state index in [2.05, 4.69) is 0 Å². The average Bonchev–Trinajstić information content (AvgIpc) is 2.88. The summed E-state index contributed by atoms with van der Waals surface area (Å²) in [6.07, 6.45) is 1.44. The smallest absolute Gasteiger partial charge is 0.247 e. The van der Waals surface area contributed by atoms with Gasteiger partial charge in [0.2, 0.25) is 11.8 Å². The fourth-order valence-corrected chi connectivity index (χ4v) is 3.52. The molecule has 2 atom stereocenters. The second kappa shape index (κ2) is 7.51. The van der Waals surface area contributed by atoms with Crippen molar-refractivity contribution in [3.8, 4) is 0 Å². The van der Waals surface area contributed by atoms with Gasteiger partial charge < -0.3 is 9.80 Å². The zero-order valence-corrected chi connectivity index (χ0v) is 14.8. The van der Waals surface area contributed by atoms with Crippen molar-refractivity contribution in [3.05, 3.63) is 71.8 Å². The number of hydrogen-bond donors (Lipinski definition) is 0. The van der Waals surface area contributed by atoms with E-state index >= 15 is 0 Å². The molecule has 1 aliphatic rings. The maximum Gasteiger partial charge on any atom is 0.247 e. The van der Waals surface area contributed by atoms with E-state index < -0.39 is 6.04 Å². The molecule has 0 saturated carbocycles. The van der Waals surface area contributed by atoms with Crippen molar-refractivity contribution in [1.82, 2.24) is 9.80 Å². The average molecular weight is 336 g/mol. The van der Waals surface area contributed by atoms with Gasteiger partial charge in [-0.15, -0.1) is 0 Å². The van der Waals surface area contributed by atoms with Gasteiger partial charge in [-0.05, 0) is 17.5 Å². The largest absolute Gasteiger partial charge is 0.319 e. The van der Waals surface area contributed by atoms with Crippen molar-refractivity contribution >= 4 is 11.8 Å². The summed E-state index contributed by atoms with van der Waals surface area (Å²) in [5.41, 5.74) is 2.04. The number of likely N-dealkylation sites (N-methyl/N-ethyl adjacent to an activating group) is 1. The van der Waals surface area contributed by atoms with Crippen LogP contribution in [0, 0.1) is 0 Å². The summed E-state index contributed by atoms with van der Waals surface area (Å²) in [6, 6.07) is 19.2. The molecule has 0 aromatic heterocycles. The van der Waals surface area contributed by atoms with E-state index in [1.165, 1.54) is 0 Å². The first-order chi connectivity index (χ1) is 12.1. The van der Waals surface area contributed by atoms with Crippen LogP contribution in [-0.2, 0) is 16.0 Å². The SMILES string of the molecule is CCCC(=O)N1C(c2ccccc2)N(C)C(=O)[C@H]1Cc1ccccc1. The molecular weight excluding hydrogens is 312 g/mol. The van der Waals surface area contributed by atoms with E-state index in [4.69, 9.17) is 0 Å². The predicted molar refractivity (Wildman–Crippen MR) is 97.6 cm³/mol. The van der Waals surface area contributed by atoms with Crippen LogP contribution in [0.1, 0.15) is 37.1 Å². The van der Waals surface area contributed by atoms with E-state index in [0.29, 0.717) is 12.8 Å². The fraction of sp³-hybridized carbons (Fsp3) is 0.333. The molecule has 2 aromatic carbocycles. The monoisotopic (exact) mass is 336 g/mol. The number of benzene rings is 2. The summed E-state index contributed by atoms with van der Waals surface area (Å²) in [5, 5.41) is 0. The van der Waals surface area contributed by atoms with Gasteiger partial charge in [0.25, 0.3) is 0 Å². The molecule has 3 rings (SSSR count). The highest BCUT2D eigenvalue weighted by Gasteiger charge is 2.46. The standard InChI is InChI=1S/C21H24N2O2/c1-3-10-19(24)23-18(15-16-11-6-4-7-12-16)21(25)22(2)20(23)17-13-8-5-9-14-17/h4-9,11-14,18,20H,3,10,15H2,1-2H3/t18-,20?/m1/s1. The van der Waals surface area contributed by atoms with Crippen molar-refractivity contribution in [2.24, 2.45) is 0 Å². The zero-order valence-electron chi connectivity index (χ0n) is 14.8. The lowest BCUT2D eigenvalue weighted by Crippen LogP contribution is -2.40. The molecule has 0 spiro atoms. The molecule has 1 heterocycles. The summed E-state index contributed by atoms with van der Waals surface area (Å²) in [4.78, 5) is 29.3. The minimum absolute atomic E-state index is 0.00200. The molecule has 130 valence electrons. The van der Waals surface area contributed by atoms with Gasteiger partial charge in [0.05, 0.1) is 0 Å². The minimum Gasteiger partial charge on any atom is -0.319 e. The Bertz CT molecular complexity index is 730. The van der Waals surface area contributed by atoms with Crippen LogP contribution >= 0.6 is 0 Å². The normalized spacial score (nSPS) is 20.2. The molecule has 1 saturated heterocycles. The Balaban J connectivity index is 1.97. The number of rotatable bonds is 5. The van der Waals surface area contributed by atoms with E-state index in [-0.39, 0.29) is 18.0 Å². The van der Waals surface area contributed by atoms with E-state index in [0.717, 1.165) is 17.5 Å². The summed E-state index contributed by atoms with van der Waals surface area (Å²) in [6.45, 7) is 1.99. The number of nitrogens with zero attached hydrogens (tertiary/aromatic N) is 2. The molecule has 1 unspecified atom stereocenters. The predicted octanol–water partition coefficient (Wildman–Crippen LogP) is 3.40. The third kappa shape index (κ3) is 3.43. The first-order valence-corrected chi connectivity index (χ1v) is 8.80. The van der Waals surface area contributed by atoms with Crippen LogP contribution in [0.4, 0.5) is 0 Å². The fourth-order valence-electron chi connectivity index (χ4n) is 3.52. The third-order valence-corrected chi connectivity index (χ3v) is 4.72. The highest BCUT2D eigenvalue weighted by molar-refractivity contribution is 5.91. The van der Waals surface area contributed by atoms with Crippen molar-refractivity contribution < 1.29 is 9.59 Å². The zero-order chi connectivity index (χ0) is 17.8. The first-order valence-electron chi connectivity index (χ1n) is 8.80. The number of hydrogen-bond acceptors (Lipinski definition) is 2. The van der Waals surface area contributed by atoms with Gasteiger partial charge in [-0.25, -0.2) is 0 Å². The highest BCUT2D eigenvalue weighted by atomic mass is 16.2. The van der Waals surface area contributed by atoms with Crippen molar-refractivity contribution in [1.29, 1.82) is 0 Å². The summed E-state index contributed by atoms with van der Waals surface area (Å²) >= 11 is 0. The Hall–Kier alpha value is -2.62. The van der Waals surface area contributed by atoms with E-state index in [1.54, 1.807) is 16.8 Å². The lowest BCUT2D eigenvalue weighted by Gasteiger charge is -2.30. The van der Waals surface area contributed by atoms with Crippen LogP contribution in [0.2, 0.25) is 0 Å². The van der Waals surface area contributed by atoms with Crippen LogP contribution in [0.5, 0.6) is 0 Å². The third-order valence-electron chi connectivity index (χ3n) is 4.72. The Morgan fingerprint density at radius 1 is 1.00 bits per heavy atom. The van der Waals surface area contributed by atoms with Crippen molar-refractivity contribution in [3.63, 3.8) is 0 Å². The van der Waals surface area contributed by atoms with Gasteiger partial charge in [-0.3, -0.25) is 9.59 Å². The second-order valence-electron chi connectivity index (χ2n) is 6.49. The Morgan fingerprint density at radius 2 is 1.60 bits per heavy atom. The maximum atomic E-state index is 12.9. The molecule has 0 radical (unpaired) electrons. The molecule has 0 N–H and O–H groups in total. The number of amides is 2. The molecule has 1 fully saturated rings. The van der Waals surface area contributed by atoms with Gasteiger partial charge in [0, 0.05) is 19.9 Å². The molecule has 1 aliphatic heterocycles. The minimum atomic E-state index is -0.448. The maximum absolute atomic E-state index is 12.9. The van der Waals surface area contributed by atoms with Crippen LogP contribution in [-0.4, -0.2) is 34.7 Å². The highest BCUT2D eigenvalue weighted by Crippen LogP contribution is 2.35. The van der Waals surface area contributed by atoms with Gasteiger partial charge >= 0.3 is 0 Å². The van der Waals surface area contributed by atoms with Gasteiger partial charge in [0.1, 0.15) is 12.2 Å². The lowest BCUT2D eigenvalue weighted by atomic mass is 10.0. The van der Waals surface area contributed by atoms with Gasteiger partial charge in [-0.1, -0.05) is 67.6 Å². The van der Waals surface area contributed by atoms with Crippen LogP contribution in [0.3, 0.4) is 0 Å². The summed E-state index contributed by atoms with van der Waals surface area (Å²) in [7, 11) is 1.79. The van der Waals surface area contributed by atoms with Crippen LogP contribution in [0.15, 0.2) is 60.7 Å². The molecule has 2 aromatic rings. The second-order valence-corrected chi connectivity index (χ2v) is 6.49. The quantitative estimate of drug-likeness (QED) is 0.840. The Kier molecular flexibility index (Phi) is 5.17. The lowest BCUT2D eigenvalue weighted by molar-refractivity contribution is -0.136. The van der Waals surface area contributed by atoms with Crippen LogP contribution < -0.4 is 0 Å². The first kappa shape index (κ1) is 17.2. The number of carbonyl (C=O) groups excluding carboxylic acids is 2. The van der Waals surface area contributed by atoms with Crippen LogP contribution in [0.25, 0.3) is 0 Å². The molecule has 25 heavy (non-hydrogen) atoms. The molecule has 0 aliphatic carbocycles. The van der Waals surface area contributed by atoms with Crippen molar-refractivity contribution in [2.45, 2.75) is 38.4 Å². The molecule has 0 bridgehead atoms. The van der Waals surface area contributed by atoms with E-state index in [1.807, 2.05) is 67.6 Å². The summed E-state index contributed by atoms with van der Waals surface area (Å²) < 4.78 is 0.